The van der Waals surface area contributed by atoms with Crippen LogP contribution in [-0.4, -0.2) is 62.2 Å². The summed E-state index contributed by atoms with van der Waals surface area (Å²) in [6.07, 6.45) is 3.23. The normalized spacial score (nSPS) is 49.0. The first-order valence-corrected chi connectivity index (χ1v) is 11.7. The molecule has 0 spiro atoms. The minimum atomic E-state index is -1.68. The van der Waals surface area contributed by atoms with Crippen LogP contribution in [0.2, 0.25) is 0 Å². The van der Waals surface area contributed by atoms with Crippen LogP contribution in [0.25, 0.3) is 0 Å². The van der Waals surface area contributed by atoms with E-state index in [1.807, 2.05) is 6.92 Å². The largest absolute Gasteiger partial charge is 0.392 e. The van der Waals surface area contributed by atoms with Gasteiger partial charge in [-0.2, -0.15) is 12.6 Å². The van der Waals surface area contributed by atoms with Crippen molar-refractivity contribution in [1.82, 2.24) is 0 Å². The third-order valence-electron chi connectivity index (χ3n) is 9.77. The lowest BCUT2D eigenvalue weighted by atomic mass is 9.37. The molecule has 4 aliphatic carbocycles. The fourth-order valence-electron chi connectivity index (χ4n) is 8.30. The van der Waals surface area contributed by atoms with Gasteiger partial charge < -0.3 is 20.4 Å². The van der Waals surface area contributed by atoms with Crippen molar-refractivity contribution >= 4 is 24.2 Å². The van der Waals surface area contributed by atoms with Gasteiger partial charge in [-0.15, -0.1) is 0 Å². The van der Waals surface area contributed by atoms with Gasteiger partial charge in [-0.3, -0.25) is 9.59 Å². The Hall–Kier alpha value is -0.730. The second-order valence-electron chi connectivity index (χ2n) is 10.5. The van der Waals surface area contributed by atoms with Crippen molar-refractivity contribution in [2.75, 3.05) is 12.4 Å². The summed E-state index contributed by atoms with van der Waals surface area (Å²) >= 11 is 4.40. The van der Waals surface area contributed by atoms with Gasteiger partial charge in [0, 0.05) is 28.4 Å². The van der Waals surface area contributed by atoms with Crippen molar-refractivity contribution in [3.8, 4) is 0 Å². The third-order valence-corrected chi connectivity index (χ3v) is 10.1. The fourth-order valence-corrected chi connectivity index (χ4v) is 8.60. The van der Waals surface area contributed by atoms with E-state index in [9.17, 15) is 30.0 Å². The summed E-state index contributed by atoms with van der Waals surface area (Å²) in [5.74, 6) is -0.507. The van der Waals surface area contributed by atoms with Crippen LogP contribution < -0.4 is 0 Å². The second-order valence-corrected chi connectivity index (χ2v) is 10.8. The van der Waals surface area contributed by atoms with Gasteiger partial charge >= 0.3 is 0 Å². The van der Waals surface area contributed by atoms with Crippen LogP contribution in [0.15, 0.2) is 11.6 Å². The third kappa shape index (κ3) is 2.47. The van der Waals surface area contributed by atoms with Gasteiger partial charge in [0.1, 0.15) is 12.2 Å². The summed E-state index contributed by atoms with van der Waals surface area (Å²) in [6, 6.07) is 0. The highest BCUT2D eigenvalue weighted by Crippen LogP contribution is 2.73. The summed E-state index contributed by atoms with van der Waals surface area (Å²) < 4.78 is 0. The van der Waals surface area contributed by atoms with Crippen LogP contribution in [0.4, 0.5) is 0 Å². The van der Waals surface area contributed by atoms with Crippen LogP contribution in [-0.2, 0) is 9.59 Å². The number of rotatable bonds is 4. The lowest BCUT2D eigenvalue weighted by Crippen LogP contribution is -2.71. The van der Waals surface area contributed by atoms with E-state index >= 15 is 0 Å². The van der Waals surface area contributed by atoms with E-state index in [1.54, 1.807) is 6.08 Å². The quantitative estimate of drug-likeness (QED) is 0.424. The maximum atomic E-state index is 12.6. The molecule has 0 saturated heterocycles. The van der Waals surface area contributed by atoms with Gasteiger partial charge in [0.25, 0.3) is 0 Å². The van der Waals surface area contributed by atoms with Crippen molar-refractivity contribution in [3.05, 3.63) is 11.6 Å². The number of aliphatic hydroxyl groups is 4. The monoisotopic (exact) mass is 438 g/mol. The first kappa shape index (κ1) is 22.5. The minimum absolute atomic E-state index is 0.0769. The molecule has 4 rings (SSSR count). The molecular weight excluding hydrogens is 404 g/mol. The zero-order valence-corrected chi connectivity index (χ0v) is 18.7. The van der Waals surface area contributed by atoms with E-state index in [0.717, 1.165) is 5.57 Å². The molecule has 0 aromatic rings. The molecule has 6 nitrogen and oxygen atoms in total. The van der Waals surface area contributed by atoms with Crippen LogP contribution in [0.1, 0.15) is 58.8 Å². The lowest BCUT2D eigenvalue weighted by molar-refractivity contribution is -0.250. The molecule has 0 aliphatic heterocycles. The molecule has 3 fully saturated rings. The highest BCUT2D eigenvalue weighted by molar-refractivity contribution is 7.80. The van der Waals surface area contributed by atoms with Crippen molar-refractivity contribution < 1.29 is 30.0 Å². The predicted octanol–water partition coefficient (Wildman–Crippen LogP) is 1.44. The maximum Gasteiger partial charge on any atom is 0.190 e. The fraction of sp³-hybridized carbons (Fsp3) is 0.826. The molecule has 168 valence electrons. The molecule has 8 atom stereocenters. The van der Waals surface area contributed by atoms with Crippen LogP contribution in [0.3, 0.4) is 0 Å². The van der Waals surface area contributed by atoms with Gasteiger partial charge in [-0.05, 0) is 56.4 Å². The topological polar surface area (TPSA) is 115 Å². The molecule has 4 N–H and O–H groups in total. The minimum Gasteiger partial charge on any atom is -0.392 e. The zero-order valence-electron chi connectivity index (χ0n) is 17.8. The molecule has 4 aliphatic rings. The Labute approximate surface area is 183 Å². The lowest BCUT2D eigenvalue weighted by Gasteiger charge is -2.68. The Balaban J connectivity index is 1.89. The first-order valence-electron chi connectivity index (χ1n) is 11.1. The summed E-state index contributed by atoms with van der Waals surface area (Å²) in [6.45, 7) is 3.20. The van der Waals surface area contributed by atoms with Gasteiger partial charge in [0.2, 0.25) is 0 Å². The summed E-state index contributed by atoms with van der Waals surface area (Å²) in [5.41, 5.74) is -2.99. The number of aliphatic hydroxyl groups excluding tert-OH is 3. The molecule has 30 heavy (non-hydrogen) atoms. The van der Waals surface area contributed by atoms with Gasteiger partial charge in [-0.25, -0.2) is 0 Å². The van der Waals surface area contributed by atoms with E-state index in [4.69, 9.17) is 0 Å². The highest BCUT2D eigenvalue weighted by atomic mass is 32.1. The standard InChI is InChI=1S/C23H34O6S/c1-20-7-5-14(25)9-13(20)3-4-16-15-6-8-22(29,18(27)11-24)21(15,2)10-17(26)23(16,20)19(28)12-30/h9,15-17,19,24,26,28-30H,3-8,10-12H2,1-2H3/t15-,16-,17-,19?,20-,21-,22-,23+/m0/s1. The molecular formula is C23H34O6S. The van der Waals surface area contributed by atoms with Crippen molar-refractivity contribution in [3.63, 3.8) is 0 Å². The van der Waals surface area contributed by atoms with Crippen molar-refractivity contribution in [2.45, 2.75) is 76.6 Å². The van der Waals surface area contributed by atoms with Crippen LogP contribution in [0.5, 0.6) is 0 Å². The maximum absolute atomic E-state index is 12.6. The van der Waals surface area contributed by atoms with Gasteiger partial charge in [0.15, 0.2) is 11.6 Å². The average molecular weight is 439 g/mol. The Morgan fingerprint density at radius 2 is 1.93 bits per heavy atom. The van der Waals surface area contributed by atoms with Gasteiger partial charge in [-0.1, -0.05) is 19.4 Å². The molecule has 3 saturated carbocycles. The van der Waals surface area contributed by atoms with E-state index in [1.165, 1.54) is 0 Å². The number of Topliss-reactive ketones (excluding diaryl/α,β-unsaturated/α-hetero) is 1. The van der Waals surface area contributed by atoms with Gasteiger partial charge in [0.05, 0.1) is 12.2 Å². The zero-order chi connectivity index (χ0) is 22.1. The Bertz CT molecular complexity index is 797. The Morgan fingerprint density at radius 1 is 1.23 bits per heavy atom. The number of hydrogen-bond donors (Lipinski definition) is 5. The number of ketones is 2. The molecule has 1 unspecified atom stereocenters. The number of allylic oxidation sites excluding steroid dienone is 1. The number of thiol groups is 1. The molecule has 0 heterocycles. The highest BCUT2D eigenvalue weighted by Gasteiger charge is 2.74. The molecule has 7 heteroatoms. The van der Waals surface area contributed by atoms with E-state index in [0.29, 0.717) is 32.1 Å². The number of carbonyl (C=O) groups excluding carboxylic acids is 2. The molecule has 0 bridgehead atoms. The molecule has 0 aromatic heterocycles. The Kier molecular flexibility index (Phi) is 5.34. The predicted molar refractivity (Wildman–Crippen MR) is 114 cm³/mol. The summed E-state index contributed by atoms with van der Waals surface area (Å²) in [4.78, 5) is 24.7. The summed E-state index contributed by atoms with van der Waals surface area (Å²) in [5, 5.41) is 44.0. The number of fused-ring (bicyclic) bond motifs is 5. The van der Waals surface area contributed by atoms with Crippen molar-refractivity contribution in [1.29, 1.82) is 0 Å². The Morgan fingerprint density at radius 3 is 2.57 bits per heavy atom. The van der Waals surface area contributed by atoms with Crippen LogP contribution in [0, 0.1) is 28.1 Å². The molecule has 0 radical (unpaired) electrons. The molecule has 0 amide bonds. The smallest absolute Gasteiger partial charge is 0.190 e. The van der Waals surface area contributed by atoms with E-state index in [2.05, 4.69) is 19.6 Å². The van der Waals surface area contributed by atoms with Crippen molar-refractivity contribution in [2.24, 2.45) is 28.1 Å². The summed E-state index contributed by atoms with van der Waals surface area (Å²) in [7, 11) is 0. The van der Waals surface area contributed by atoms with E-state index < -0.39 is 46.4 Å². The van der Waals surface area contributed by atoms with E-state index in [-0.39, 0.29) is 36.2 Å². The van der Waals surface area contributed by atoms with Crippen LogP contribution >= 0.6 is 12.6 Å². The first-order chi connectivity index (χ1) is 14.0. The molecule has 0 aromatic carbocycles. The number of carbonyl (C=O) groups is 2. The average Bonchev–Trinajstić information content (AvgIpc) is 2.98. The number of hydrogen-bond acceptors (Lipinski definition) is 7. The second kappa shape index (κ2) is 7.14. The SMILES string of the molecule is C[C@]12CCC(=O)C=C1CC[C@H]1[C@@H]3CC[C@](O)(C(=O)CO)[C@@]3(C)C[C@H](O)[C@@]12C(O)CS.